The Balaban J connectivity index is 1.78. The molecule has 0 heterocycles. The predicted octanol–water partition coefficient (Wildman–Crippen LogP) is 3.11. The van der Waals surface area contributed by atoms with Crippen LogP contribution in [0.5, 0.6) is 5.75 Å². The van der Waals surface area contributed by atoms with E-state index in [4.69, 9.17) is 4.74 Å². The summed E-state index contributed by atoms with van der Waals surface area (Å²) < 4.78 is 5.27. The Kier molecular flexibility index (Phi) is 6.31. The number of nitrogens with one attached hydrogen (secondary N) is 1. The lowest BCUT2D eigenvalue weighted by molar-refractivity contribution is -0.385. The van der Waals surface area contributed by atoms with E-state index in [1.165, 1.54) is 17.7 Å². The van der Waals surface area contributed by atoms with Gasteiger partial charge in [-0.1, -0.05) is 42.5 Å². The largest absolute Gasteiger partial charge is 0.477 e. The van der Waals surface area contributed by atoms with E-state index in [1.807, 2.05) is 37.3 Å². The lowest BCUT2D eigenvalue weighted by atomic mass is 10.1. The van der Waals surface area contributed by atoms with Crippen LogP contribution < -0.4 is 10.1 Å². The molecule has 2 aromatic rings. The normalized spacial score (nSPS) is 11.5. The van der Waals surface area contributed by atoms with Crippen LogP contribution in [0.1, 0.15) is 18.9 Å². The Morgan fingerprint density at radius 2 is 1.83 bits per heavy atom. The topological polar surface area (TPSA) is 81.5 Å². The van der Waals surface area contributed by atoms with E-state index in [0.717, 1.165) is 12.8 Å². The summed E-state index contributed by atoms with van der Waals surface area (Å²) in [5, 5.41) is 13.7. The molecule has 0 fully saturated rings. The highest BCUT2D eigenvalue weighted by molar-refractivity contribution is 5.77. The van der Waals surface area contributed by atoms with E-state index in [-0.39, 0.29) is 30.0 Å². The van der Waals surface area contributed by atoms with Crippen molar-refractivity contribution in [3.8, 4) is 5.75 Å². The second-order valence-electron chi connectivity index (χ2n) is 5.51. The van der Waals surface area contributed by atoms with Crippen LogP contribution in [0.15, 0.2) is 54.6 Å². The zero-order valence-electron chi connectivity index (χ0n) is 13.5. The van der Waals surface area contributed by atoms with Crippen molar-refractivity contribution in [1.82, 2.24) is 5.32 Å². The molecular formula is C18H20N2O4. The van der Waals surface area contributed by atoms with Crippen molar-refractivity contribution in [2.24, 2.45) is 0 Å². The zero-order valence-corrected chi connectivity index (χ0v) is 13.5. The molecule has 1 unspecified atom stereocenters. The lowest BCUT2D eigenvalue weighted by Crippen LogP contribution is -2.36. The van der Waals surface area contributed by atoms with Gasteiger partial charge in [0.1, 0.15) is 0 Å². The van der Waals surface area contributed by atoms with Crippen LogP contribution in [0.3, 0.4) is 0 Å². The van der Waals surface area contributed by atoms with Crippen molar-refractivity contribution < 1.29 is 14.5 Å². The highest BCUT2D eigenvalue weighted by Crippen LogP contribution is 2.25. The number of amides is 1. The number of nitro groups is 1. The Labute approximate surface area is 140 Å². The highest BCUT2D eigenvalue weighted by atomic mass is 16.6. The predicted molar refractivity (Wildman–Crippen MR) is 91.0 cm³/mol. The number of nitrogens with zero attached hydrogens (tertiary/aromatic N) is 1. The molecule has 6 heteroatoms. The number of carbonyl (C=O) groups is 1. The molecule has 0 spiro atoms. The van der Waals surface area contributed by atoms with Crippen LogP contribution in [0, 0.1) is 10.1 Å². The van der Waals surface area contributed by atoms with Gasteiger partial charge in [-0.3, -0.25) is 14.9 Å². The molecule has 0 aliphatic heterocycles. The third kappa shape index (κ3) is 5.39. The average molecular weight is 328 g/mol. The Hall–Kier alpha value is -2.89. The molecule has 1 N–H and O–H groups in total. The molecule has 0 aromatic heterocycles. The molecule has 1 amide bonds. The Bertz CT molecular complexity index is 688. The van der Waals surface area contributed by atoms with Gasteiger partial charge in [0.25, 0.3) is 5.91 Å². The summed E-state index contributed by atoms with van der Waals surface area (Å²) in [4.78, 5) is 22.3. The van der Waals surface area contributed by atoms with Gasteiger partial charge >= 0.3 is 5.69 Å². The minimum Gasteiger partial charge on any atom is -0.477 e. The summed E-state index contributed by atoms with van der Waals surface area (Å²) in [6.07, 6.45) is 1.68. The average Bonchev–Trinajstić information content (AvgIpc) is 2.59. The summed E-state index contributed by atoms with van der Waals surface area (Å²) in [6.45, 7) is 1.67. The molecular weight excluding hydrogens is 308 g/mol. The number of aryl methyl sites for hydroxylation is 1. The van der Waals surface area contributed by atoms with E-state index < -0.39 is 4.92 Å². The van der Waals surface area contributed by atoms with Gasteiger partial charge in [0, 0.05) is 12.1 Å². The summed E-state index contributed by atoms with van der Waals surface area (Å²) in [5.41, 5.74) is 1.07. The number of nitro benzene ring substituents is 1. The van der Waals surface area contributed by atoms with Crippen molar-refractivity contribution in [3.63, 3.8) is 0 Å². The fourth-order valence-corrected chi connectivity index (χ4v) is 2.29. The third-order valence-corrected chi connectivity index (χ3v) is 3.54. The van der Waals surface area contributed by atoms with E-state index in [2.05, 4.69) is 5.32 Å². The van der Waals surface area contributed by atoms with E-state index >= 15 is 0 Å². The summed E-state index contributed by atoms with van der Waals surface area (Å²) >= 11 is 0. The van der Waals surface area contributed by atoms with E-state index in [9.17, 15) is 14.9 Å². The number of hydrogen-bond donors (Lipinski definition) is 1. The zero-order chi connectivity index (χ0) is 17.4. The van der Waals surface area contributed by atoms with Gasteiger partial charge in [-0.05, 0) is 31.4 Å². The van der Waals surface area contributed by atoms with Gasteiger partial charge in [-0.25, -0.2) is 0 Å². The first-order valence-corrected chi connectivity index (χ1v) is 7.76. The SMILES string of the molecule is CC(CCc1ccccc1)NC(=O)COc1ccccc1[N+](=O)[O-]. The van der Waals surface area contributed by atoms with Crippen molar-refractivity contribution in [1.29, 1.82) is 0 Å². The number of ether oxygens (including phenoxy) is 1. The molecule has 6 nitrogen and oxygen atoms in total. The maximum atomic E-state index is 11.9. The molecule has 2 aromatic carbocycles. The molecule has 0 bridgehead atoms. The molecule has 126 valence electrons. The number of hydrogen-bond acceptors (Lipinski definition) is 4. The highest BCUT2D eigenvalue weighted by Gasteiger charge is 2.15. The molecule has 0 saturated carbocycles. The standard InChI is InChI=1S/C18H20N2O4/c1-14(11-12-15-7-3-2-4-8-15)19-18(21)13-24-17-10-6-5-9-16(17)20(22)23/h2-10,14H,11-13H2,1H3,(H,19,21). The number of benzene rings is 2. The third-order valence-electron chi connectivity index (χ3n) is 3.54. The Morgan fingerprint density at radius 1 is 1.17 bits per heavy atom. The Morgan fingerprint density at radius 3 is 2.54 bits per heavy atom. The van der Waals surface area contributed by atoms with Crippen molar-refractivity contribution in [3.05, 3.63) is 70.3 Å². The maximum Gasteiger partial charge on any atom is 0.310 e. The minimum atomic E-state index is -0.532. The van der Waals surface area contributed by atoms with Gasteiger partial charge in [-0.15, -0.1) is 0 Å². The smallest absolute Gasteiger partial charge is 0.310 e. The first kappa shape index (κ1) is 17.5. The van der Waals surface area contributed by atoms with Crippen LogP contribution in [0.4, 0.5) is 5.69 Å². The van der Waals surface area contributed by atoms with Crippen LogP contribution in [0.25, 0.3) is 0 Å². The summed E-state index contributed by atoms with van der Waals surface area (Å²) in [7, 11) is 0. The van der Waals surface area contributed by atoms with Crippen LogP contribution in [-0.2, 0) is 11.2 Å². The second kappa shape index (κ2) is 8.67. The van der Waals surface area contributed by atoms with Gasteiger partial charge in [0.05, 0.1) is 4.92 Å². The van der Waals surface area contributed by atoms with Crippen molar-refractivity contribution in [2.75, 3.05) is 6.61 Å². The molecule has 0 radical (unpaired) electrons. The molecule has 1 atom stereocenters. The second-order valence-corrected chi connectivity index (χ2v) is 5.51. The first-order valence-electron chi connectivity index (χ1n) is 7.76. The molecule has 24 heavy (non-hydrogen) atoms. The monoisotopic (exact) mass is 328 g/mol. The van der Waals surface area contributed by atoms with Crippen molar-refractivity contribution in [2.45, 2.75) is 25.8 Å². The van der Waals surface area contributed by atoms with Gasteiger partial charge in [0.15, 0.2) is 12.4 Å². The van der Waals surface area contributed by atoms with Crippen molar-refractivity contribution >= 4 is 11.6 Å². The fraction of sp³-hybridized carbons (Fsp3) is 0.278. The van der Waals surface area contributed by atoms with Crippen LogP contribution >= 0.6 is 0 Å². The van der Waals surface area contributed by atoms with Crippen LogP contribution in [0.2, 0.25) is 0 Å². The lowest BCUT2D eigenvalue weighted by Gasteiger charge is -2.14. The quantitative estimate of drug-likeness (QED) is 0.596. The molecule has 0 aliphatic carbocycles. The minimum absolute atomic E-state index is 0.00735. The van der Waals surface area contributed by atoms with E-state index in [1.54, 1.807) is 12.1 Å². The van der Waals surface area contributed by atoms with Gasteiger partial charge in [-0.2, -0.15) is 0 Å². The van der Waals surface area contributed by atoms with Gasteiger partial charge in [0.2, 0.25) is 0 Å². The number of para-hydroxylation sites is 2. The summed E-state index contributed by atoms with van der Waals surface area (Å²) in [5.74, 6) is -0.205. The number of carbonyl (C=O) groups excluding carboxylic acids is 1. The van der Waals surface area contributed by atoms with Crippen LogP contribution in [-0.4, -0.2) is 23.5 Å². The molecule has 0 saturated heterocycles. The molecule has 2 rings (SSSR count). The summed E-state index contributed by atoms with van der Waals surface area (Å²) in [6, 6.07) is 16.0. The van der Waals surface area contributed by atoms with E-state index in [0.29, 0.717) is 0 Å². The number of rotatable bonds is 8. The van der Waals surface area contributed by atoms with Gasteiger partial charge < -0.3 is 10.1 Å². The molecule has 0 aliphatic rings. The fourth-order valence-electron chi connectivity index (χ4n) is 2.29. The maximum absolute atomic E-state index is 11.9. The first-order chi connectivity index (χ1) is 11.6.